The highest BCUT2D eigenvalue weighted by Crippen LogP contribution is 1.77. The van der Waals surface area contributed by atoms with E-state index in [9.17, 15) is 4.79 Å². The van der Waals surface area contributed by atoms with Gasteiger partial charge in [0.05, 0.1) is 11.8 Å². The summed E-state index contributed by atoms with van der Waals surface area (Å²) in [6.07, 6.45) is 2.46. The summed E-state index contributed by atoms with van der Waals surface area (Å²) in [6.45, 7) is 0. The topological polar surface area (TPSA) is 81.2 Å². The number of oxime groups is 1. The molecule has 0 saturated carbocycles. The minimum absolute atomic E-state index is 0.298. The lowest BCUT2D eigenvalue weighted by Crippen LogP contribution is -2.03. The maximum atomic E-state index is 10.5. The van der Waals surface area contributed by atoms with E-state index in [1.165, 1.54) is 6.20 Å². The highest BCUT2D eigenvalue weighted by molar-refractivity contribution is 5.77. The summed E-state index contributed by atoms with van der Waals surface area (Å²) in [5.74, 6) is 0. The molecule has 48 valence electrons. The summed E-state index contributed by atoms with van der Waals surface area (Å²) in [4.78, 5) is 10.5. The van der Waals surface area contributed by atoms with Crippen molar-refractivity contribution in [1.82, 2.24) is 10.2 Å². The van der Waals surface area contributed by atoms with Gasteiger partial charge in [-0.3, -0.25) is 9.89 Å². The van der Waals surface area contributed by atoms with Gasteiger partial charge in [-0.05, 0) is 0 Å². The molecule has 0 aromatic carbocycles. The van der Waals surface area contributed by atoms with E-state index in [0.717, 1.165) is 6.21 Å². The van der Waals surface area contributed by atoms with Crippen LogP contribution in [0.4, 0.5) is 0 Å². The first-order valence-electron chi connectivity index (χ1n) is 2.28. The molecular formula is C4H5N3O2. The monoisotopic (exact) mass is 127 g/mol. The molecule has 0 aliphatic carbocycles. The molecular weight excluding hydrogens is 122 g/mol. The number of hydrogen-bond acceptors (Lipinski definition) is 3. The number of aromatic amines is 2. The molecule has 0 amide bonds. The zero-order chi connectivity index (χ0) is 6.69. The fourth-order valence-corrected chi connectivity index (χ4v) is 0.475. The van der Waals surface area contributed by atoms with E-state index in [-0.39, 0.29) is 5.56 Å². The molecule has 5 heteroatoms. The van der Waals surface area contributed by atoms with Crippen molar-refractivity contribution < 1.29 is 5.21 Å². The SMILES string of the molecule is O=c1[nH][nH]cc1C=NO. The zero-order valence-corrected chi connectivity index (χ0v) is 4.46. The summed E-state index contributed by atoms with van der Waals surface area (Å²) in [7, 11) is 0. The standard InChI is InChI=1S/C4H5N3O2/c8-4-3(2-6-9)1-5-7-4/h1-2,9H,(H2,5,7,8). The van der Waals surface area contributed by atoms with Gasteiger partial charge >= 0.3 is 0 Å². The van der Waals surface area contributed by atoms with Crippen LogP contribution in [0.1, 0.15) is 5.56 Å². The summed E-state index contributed by atoms with van der Waals surface area (Å²) in [5, 5.41) is 15.4. The van der Waals surface area contributed by atoms with E-state index < -0.39 is 0 Å². The van der Waals surface area contributed by atoms with Crippen LogP contribution in [0.3, 0.4) is 0 Å². The zero-order valence-electron chi connectivity index (χ0n) is 4.46. The molecule has 3 N–H and O–H groups in total. The maximum absolute atomic E-state index is 10.5. The van der Waals surface area contributed by atoms with Crippen LogP contribution in [0.5, 0.6) is 0 Å². The number of rotatable bonds is 1. The van der Waals surface area contributed by atoms with Gasteiger partial charge in [-0.2, -0.15) is 0 Å². The molecule has 0 radical (unpaired) electrons. The molecule has 0 spiro atoms. The molecule has 0 bridgehead atoms. The van der Waals surface area contributed by atoms with Gasteiger partial charge in [0.25, 0.3) is 5.56 Å². The van der Waals surface area contributed by atoms with Crippen LogP contribution >= 0.6 is 0 Å². The highest BCUT2D eigenvalue weighted by Gasteiger charge is 1.92. The van der Waals surface area contributed by atoms with Crippen LogP contribution in [-0.4, -0.2) is 21.6 Å². The third kappa shape index (κ3) is 0.987. The first-order chi connectivity index (χ1) is 4.34. The van der Waals surface area contributed by atoms with Crippen molar-refractivity contribution in [3.63, 3.8) is 0 Å². The second-order valence-electron chi connectivity index (χ2n) is 1.44. The van der Waals surface area contributed by atoms with E-state index in [4.69, 9.17) is 5.21 Å². The molecule has 0 fully saturated rings. The molecule has 0 saturated heterocycles. The average Bonchev–Trinajstić information content (AvgIpc) is 2.18. The van der Waals surface area contributed by atoms with Crippen LogP contribution in [0, 0.1) is 0 Å². The fraction of sp³-hybridized carbons (Fsp3) is 0. The van der Waals surface area contributed by atoms with E-state index >= 15 is 0 Å². The average molecular weight is 127 g/mol. The summed E-state index contributed by atoms with van der Waals surface area (Å²) < 4.78 is 0. The smallest absolute Gasteiger partial charge is 0.272 e. The van der Waals surface area contributed by atoms with Crippen LogP contribution in [0.25, 0.3) is 0 Å². The van der Waals surface area contributed by atoms with Gasteiger partial charge in [0, 0.05) is 6.20 Å². The molecule has 0 aliphatic heterocycles. The molecule has 1 heterocycles. The normalized spacial score (nSPS) is 10.7. The van der Waals surface area contributed by atoms with E-state index in [2.05, 4.69) is 15.4 Å². The van der Waals surface area contributed by atoms with E-state index in [0.29, 0.717) is 5.56 Å². The second-order valence-corrected chi connectivity index (χ2v) is 1.44. The third-order valence-corrected chi connectivity index (χ3v) is 0.872. The fourth-order valence-electron chi connectivity index (χ4n) is 0.475. The summed E-state index contributed by atoms with van der Waals surface area (Å²) in [5.41, 5.74) is 0.00491. The molecule has 0 aliphatic rings. The maximum Gasteiger partial charge on any atom is 0.272 e. The highest BCUT2D eigenvalue weighted by atomic mass is 16.4. The number of hydrogen-bond donors (Lipinski definition) is 3. The molecule has 0 atom stereocenters. The summed E-state index contributed by atoms with van der Waals surface area (Å²) >= 11 is 0. The Morgan fingerprint density at radius 1 is 1.78 bits per heavy atom. The predicted octanol–water partition coefficient (Wildman–Crippen LogP) is -0.489. The Bertz CT molecular complexity index is 259. The van der Waals surface area contributed by atoms with Crippen LogP contribution in [0.2, 0.25) is 0 Å². The third-order valence-electron chi connectivity index (χ3n) is 0.872. The first-order valence-corrected chi connectivity index (χ1v) is 2.28. The number of nitrogens with zero attached hydrogens (tertiary/aromatic N) is 1. The van der Waals surface area contributed by atoms with Crippen molar-refractivity contribution >= 4 is 6.21 Å². The van der Waals surface area contributed by atoms with Gasteiger partial charge in [-0.25, -0.2) is 0 Å². The molecule has 1 aromatic rings. The van der Waals surface area contributed by atoms with Crippen LogP contribution in [0.15, 0.2) is 16.1 Å². The molecule has 9 heavy (non-hydrogen) atoms. The minimum atomic E-state index is -0.298. The minimum Gasteiger partial charge on any atom is -0.411 e. The lowest BCUT2D eigenvalue weighted by molar-refractivity contribution is 0.322. The van der Waals surface area contributed by atoms with Gasteiger partial charge in [0.2, 0.25) is 0 Å². The van der Waals surface area contributed by atoms with E-state index in [1.54, 1.807) is 0 Å². The molecule has 0 unspecified atom stereocenters. The Kier molecular flexibility index (Phi) is 1.35. The Labute approximate surface area is 50.0 Å². The Morgan fingerprint density at radius 2 is 2.56 bits per heavy atom. The second kappa shape index (κ2) is 2.17. The molecule has 5 nitrogen and oxygen atoms in total. The van der Waals surface area contributed by atoms with Crippen molar-refractivity contribution in [3.05, 3.63) is 22.1 Å². The first kappa shape index (κ1) is 5.61. The van der Waals surface area contributed by atoms with Crippen molar-refractivity contribution in [2.45, 2.75) is 0 Å². The van der Waals surface area contributed by atoms with Gasteiger partial charge in [-0.15, -0.1) is 0 Å². The van der Waals surface area contributed by atoms with Crippen molar-refractivity contribution in [3.8, 4) is 0 Å². The lowest BCUT2D eigenvalue weighted by Gasteiger charge is -1.71. The van der Waals surface area contributed by atoms with Gasteiger partial charge in [0.1, 0.15) is 0 Å². The predicted molar refractivity (Wildman–Crippen MR) is 30.8 cm³/mol. The number of aromatic nitrogens is 2. The Balaban J connectivity index is 3.08. The van der Waals surface area contributed by atoms with Crippen molar-refractivity contribution in [2.24, 2.45) is 5.16 Å². The lowest BCUT2D eigenvalue weighted by atomic mass is 10.4. The van der Waals surface area contributed by atoms with Gasteiger partial charge in [-0.1, -0.05) is 5.16 Å². The van der Waals surface area contributed by atoms with Crippen molar-refractivity contribution in [1.29, 1.82) is 0 Å². The number of H-pyrrole nitrogens is 2. The molecule has 1 rings (SSSR count). The number of nitrogens with one attached hydrogen (secondary N) is 2. The Hall–Kier alpha value is -1.52. The molecule has 1 aromatic heterocycles. The Morgan fingerprint density at radius 3 is 3.00 bits per heavy atom. The van der Waals surface area contributed by atoms with Crippen LogP contribution < -0.4 is 5.56 Å². The summed E-state index contributed by atoms with van der Waals surface area (Å²) in [6, 6.07) is 0. The van der Waals surface area contributed by atoms with Gasteiger partial charge in [0.15, 0.2) is 0 Å². The van der Waals surface area contributed by atoms with E-state index in [1.807, 2.05) is 0 Å². The van der Waals surface area contributed by atoms with Gasteiger partial charge < -0.3 is 10.3 Å². The van der Waals surface area contributed by atoms with Crippen LogP contribution in [-0.2, 0) is 0 Å². The van der Waals surface area contributed by atoms with Crippen molar-refractivity contribution in [2.75, 3.05) is 0 Å². The largest absolute Gasteiger partial charge is 0.411 e. The quantitative estimate of drug-likeness (QED) is 0.270.